The summed E-state index contributed by atoms with van der Waals surface area (Å²) in [6.45, 7) is 5.93. The Hall–Kier alpha value is 0.150. The first-order valence-electron chi connectivity index (χ1n) is 5.98. The van der Waals surface area contributed by atoms with Crippen molar-refractivity contribution in [3.63, 3.8) is 0 Å². The molecule has 0 aromatic carbocycles. The van der Waals surface area contributed by atoms with Crippen LogP contribution < -0.4 is 0 Å². The highest BCUT2D eigenvalue weighted by Gasteiger charge is 2.32. The van der Waals surface area contributed by atoms with Gasteiger partial charge in [-0.25, -0.2) is 0 Å². The van der Waals surface area contributed by atoms with Crippen LogP contribution in [0.2, 0.25) is 0 Å². The lowest BCUT2D eigenvalue weighted by molar-refractivity contribution is 0.298. The molecule has 0 saturated heterocycles. The summed E-state index contributed by atoms with van der Waals surface area (Å²) in [4.78, 5) is 17.9. The summed E-state index contributed by atoms with van der Waals surface area (Å²) in [5, 5.41) is 0. The molecule has 0 heterocycles. The van der Waals surface area contributed by atoms with Gasteiger partial charge in [-0.15, -0.1) is 0 Å². The van der Waals surface area contributed by atoms with Crippen molar-refractivity contribution in [2.75, 3.05) is 0 Å². The molecule has 1 rings (SSSR count). The highest BCUT2D eigenvalue weighted by atomic mass is 31.2. The van der Waals surface area contributed by atoms with E-state index in [-0.39, 0.29) is 5.92 Å². The second-order valence-corrected chi connectivity index (χ2v) is 6.43. The smallest absolute Gasteiger partial charge is 0.324 e. The van der Waals surface area contributed by atoms with Gasteiger partial charge in [-0.3, -0.25) is 4.57 Å². The number of hydrogen-bond acceptors (Lipinski definition) is 1. The summed E-state index contributed by atoms with van der Waals surface area (Å²) in [7, 11) is -3.83. The molecule has 2 N–H and O–H groups in total. The molecular weight excluding hydrogens is 211 g/mol. The Balaban J connectivity index is 0.000000583. The normalized spacial score (nSPS) is 20.3. The van der Waals surface area contributed by atoms with E-state index in [0.29, 0.717) is 0 Å². The first-order valence-corrected chi connectivity index (χ1v) is 7.66. The predicted molar refractivity (Wildman–Crippen MR) is 64.0 cm³/mol. The van der Waals surface area contributed by atoms with E-state index in [2.05, 4.69) is 13.8 Å². The summed E-state index contributed by atoms with van der Waals surface area (Å²) in [5.74, 6) is 0.250. The summed E-state index contributed by atoms with van der Waals surface area (Å²) in [6.07, 6.45) is 6.73. The molecular formula is C11H25O3P. The lowest BCUT2D eigenvalue weighted by atomic mass is 9.87. The van der Waals surface area contributed by atoms with Gasteiger partial charge in [0.25, 0.3) is 0 Å². The van der Waals surface area contributed by atoms with Crippen LogP contribution in [0.15, 0.2) is 0 Å². The van der Waals surface area contributed by atoms with E-state index in [4.69, 9.17) is 9.79 Å². The molecule has 15 heavy (non-hydrogen) atoms. The van der Waals surface area contributed by atoms with E-state index >= 15 is 0 Å². The minimum absolute atomic E-state index is 0.250. The molecule has 1 aliphatic rings. The standard InChI is InChI=1S/C8H17O3P.C3H8/c1-7(12(9,10)11)8-5-3-2-4-6-8;1-3-2/h7-8H,2-6H2,1H3,(H2,9,10,11);3H2,1-2H3. The highest BCUT2D eigenvalue weighted by Crippen LogP contribution is 2.48. The van der Waals surface area contributed by atoms with Gasteiger partial charge in [0.05, 0.1) is 5.66 Å². The molecule has 1 atom stereocenters. The van der Waals surface area contributed by atoms with Crippen molar-refractivity contribution in [2.24, 2.45) is 5.92 Å². The third kappa shape index (κ3) is 6.34. The second-order valence-electron chi connectivity index (χ2n) is 4.43. The van der Waals surface area contributed by atoms with E-state index in [1.807, 2.05) is 0 Å². The zero-order valence-electron chi connectivity index (χ0n) is 10.1. The van der Waals surface area contributed by atoms with Crippen LogP contribution in [0, 0.1) is 5.92 Å². The molecule has 0 bridgehead atoms. The Morgan fingerprint density at radius 2 is 1.60 bits per heavy atom. The quantitative estimate of drug-likeness (QED) is 0.721. The van der Waals surface area contributed by atoms with Gasteiger partial charge < -0.3 is 9.79 Å². The van der Waals surface area contributed by atoms with Crippen LogP contribution in [0.1, 0.15) is 59.3 Å². The summed E-state index contributed by atoms with van der Waals surface area (Å²) < 4.78 is 10.9. The maximum Gasteiger partial charge on any atom is 0.328 e. The molecule has 92 valence electrons. The zero-order chi connectivity index (χ0) is 11.9. The maximum absolute atomic E-state index is 10.9. The Labute approximate surface area is 93.4 Å². The molecule has 0 aliphatic heterocycles. The molecule has 4 heteroatoms. The fraction of sp³-hybridized carbons (Fsp3) is 1.00. The van der Waals surface area contributed by atoms with E-state index in [1.165, 1.54) is 12.8 Å². The van der Waals surface area contributed by atoms with Gasteiger partial charge in [-0.2, -0.15) is 0 Å². The molecule has 1 aliphatic carbocycles. The van der Waals surface area contributed by atoms with E-state index < -0.39 is 13.3 Å². The minimum atomic E-state index is -3.83. The van der Waals surface area contributed by atoms with E-state index in [9.17, 15) is 4.57 Å². The molecule has 0 aromatic rings. The third-order valence-corrected chi connectivity index (χ3v) is 4.35. The lowest BCUT2D eigenvalue weighted by Gasteiger charge is -2.27. The molecule has 0 amide bonds. The zero-order valence-corrected chi connectivity index (χ0v) is 11.0. The summed E-state index contributed by atoms with van der Waals surface area (Å²) in [6, 6.07) is 0. The Kier molecular flexibility index (Phi) is 7.50. The van der Waals surface area contributed by atoms with Crippen LogP contribution in [0.5, 0.6) is 0 Å². The molecule has 0 aromatic heterocycles. The van der Waals surface area contributed by atoms with Crippen molar-refractivity contribution >= 4 is 7.60 Å². The van der Waals surface area contributed by atoms with Gasteiger partial charge in [0.2, 0.25) is 0 Å². The van der Waals surface area contributed by atoms with E-state index in [1.54, 1.807) is 6.92 Å². The fourth-order valence-electron chi connectivity index (χ4n) is 1.89. The van der Waals surface area contributed by atoms with Crippen molar-refractivity contribution in [3.8, 4) is 0 Å². The summed E-state index contributed by atoms with van der Waals surface area (Å²) in [5.41, 5.74) is -0.433. The molecule has 1 saturated carbocycles. The van der Waals surface area contributed by atoms with Gasteiger partial charge >= 0.3 is 7.60 Å². The van der Waals surface area contributed by atoms with Gasteiger partial charge in [0, 0.05) is 0 Å². The second kappa shape index (κ2) is 7.43. The molecule has 0 spiro atoms. The Bertz CT molecular complexity index is 194. The van der Waals surface area contributed by atoms with Crippen molar-refractivity contribution < 1.29 is 14.4 Å². The largest absolute Gasteiger partial charge is 0.328 e. The number of hydrogen-bond donors (Lipinski definition) is 2. The monoisotopic (exact) mass is 236 g/mol. The summed E-state index contributed by atoms with van der Waals surface area (Å²) >= 11 is 0. The Morgan fingerprint density at radius 1 is 1.20 bits per heavy atom. The fourth-order valence-corrected chi connectivity index (χ4v) is 2.74. The van der Waals surface area contributed by atoms with Crippen LogP contribution in [0.3, 0.4) is 0 Å². The molecule has 0 radical (unpaired) electrons. The van der Waals surface area contributed by atoms with Gasteiger partial charge in [-0.05, 0) is 18.8 Å². The molecule has 3 nitrogen and oxygen atoms in total. The van der Waals surface area contributed by atoms with Crippen LogP contribution in [0.4, 0.5) is 0 Å². The van der Waals surface area contributed by atoms with Crippen molar-refractivity contribution in [3.05, 3.63) is 0 Å². The average Bonchev–Trinajstić information content (AvgIpc) is 2.18. The minimum Gasteiger partial charge on any atom is -0.324 e. The van der Waals surface area contributed by atoms with Crippen molar-refractivity contribution in [1.82, 2.24) is 0 Å². The van der Waals surface area contributed by atoms with E-state index in [0.717, 1.165) is 25.7 Å². The maximum atomic E-state index is 10.9. The SMILES string of the molecule is CC(C1CCCCC1)P(=O)(O)O.CCC. The van der Waals surface area contributed by atoms with Crippen LogP contribution in [0.25, 0.3) is 0 Å². The van der Waals surface area contributed by atoms with Crippen LogP contribution >= 0.6 is 7.60 Å². The lowest BCUT2D eigenvalue weighted by Crippen LogP contribution is -2.20. The highest BCUT2D eigenvalue weighted by molar-refractivity contribution is 7.52. The van der Waals surface area contributed by atoms with Gasteiger partial charge in [0.15, 0.2) is 0 Å². The van der Waals surface area contributed by atoms with Crippen molar-refractivity contribution in [2.45, 2.75) is 65.0 Å². The van der Waals surface area contributed by atoms with Crippen LogP contribution in [-0.2, 0) is 4.57 Å². The molecule has 1 unspecified atom stereocenters. The Morgan fingerprint density at radius 3 is 1.93 bits per heavy atom. The van der Waals surface area contributed by atoms with Crippen molar-refractivity contribution in [1.29, 1.82) is 0 Å². The average molecular weight is 236 g/mol. The molecule has 1 fully saturated rings. The first-order chi connectivity index (χ1) is 6.93. The van der Waals surface area contributed by atoms with Gasteiger partial charge in [-0.1, -0.05) is 46.5 Å². The predicted octanol–water partition coefficient (Wildman–Crippen LogP) is 3.55. The number of rotatable bonds is 2. The first kappa shape index (κ1) is 15.2. The topological polar surface area (TPSA) is 57.5 Å². The third-order valence-electron chi connectivity index (χ3n) is 2.86. The van der Waals surface area contributed by atoms with Gasteiger partial charge in [0.1, 0.15) is 0 Å². The van der Waals surface area contributed by atoms with Crippen LogP contribution in [-0.4, -0.2) is 15.4 Å².